The third-order valence-electron chi connectivity index (χ3n) is 7.42. The Balaban J connectivity index is 1.87. The van der Waals surface area contributed by atoms with Gasteiger partial charge < -0.3 is 9.47 Å². The number of halogens is 6. The molecule has 4 aromatic carbocycles. The Morgan fingerprint density at radius 1 is 0.634 bits per heavy atom. The lowest BCUT2D eigenvalue weighted by atomic mass is 9.86. The first kappa shape index (κ1) is 28.5. The number of rotatable bonds is 7. The zero-order valence-electron chi connectivity index (χ0n) is 22.7. The van der Waals surface area contributed by atoms with Crippen molar-refractivity contribution in [3.8, 4) is 44.9 Å². The standard InChI is InChI=1S/C32H27F6NO2/c1-4-5-10-39-15-21-19(17-11-23(33)31(37)24(34)12-17)6-8-27(40-2)29(21)30-22(16-39)20(7-9-28(30)41-3)18-13-25(35)32(38)26(36)14-18/h6-9,11-14H,4-5,10,15-16H2,1-3H3. The van der Waals surface area contributed by atoms with Crippen LogP contribution < -0.4 is 9.47 Å². The van der Waals surface area contributed by atoms with Gasteiger partial charge in [0.1, 0.15) is 11.5 Å². The quantitative estimate of drug-likeness (QED) is 0.164. The van der Waals surface area contributed by atoms with Crippen LogP contribution in [-0.4, -0.2) is 25.7 Å². The van der Waals surface area contributed by atoms with Gasteiger partial charge in [0.05, 0.1) is 14.2 Å². The predicted octanol–water partition coefficient (Wildman–Crippen LogP) is 8.66. The van der Waals surface area contributed by atoms with Crippen LogP contribution in [0.3, 0.4) is 0 Å². The van der Waals surface area contributed by atoms with Crippen LogP contribution in [0.2, 0.25) is 0 Å². The first-order valence-electron chi connectivity index (χ1n) is 13.1. The first-order chi connectivity index (χ1) is 19.7. The molecule has 5 rings (SSSR count). The van der Waals surface area contributed by atoms with E-state index in [-0.39, 0.29) is 11.1 Å². The molecule has 1 heterocycles. The van der Waals surface area contributed by atoms with Crippen molar-refractivity contribution in [3.63, 3.8) is 0 Å². The van der Waals surface area contributed by atoms with E-state index in [4.69, 9.17) is 9.47 Å². The highest BCUT2D eigenvalue weighted by Gasteiger charge is 2.30. The molecule has 0 saturated carbocycles. The molecule has 4 aromatic rings. The summed E-state index contributed by atoms with van der Waals surface area (Å²) in [7, 11) is 2.96. The van der Waals surface area contributed by atoms with Crippen molar-refractivity contribution in [1.29, 1.82) is 0 Å². The molecule has 214 valence electrons. The van der Waals surface area contributed by atoms with Crippen molar-refractivity contribution >= 4 is 0 Å². The van der Waals surface area contributed by atoms with Crippen molar-refractivity contribution in [2.24, 2.45) is 0 Å². The minimum absolute atomic E-state index is 0.136. The Morgan fingerprint density at radius 3 is 1.37 bits per heavy atom. The summed E-state index contributed by atoms with van der Waals surface area (Å²) in [5, 5.41) is 0. The molecule has 0 fully saturated rings. The second-order valence-electron chi connectivity index (χ2n) is 9.91. The molecule has 0 bridgehead atoms. The van der Waals surface area contributed by atoms with Crippen LogP contribution in [0.25, 0.3) is 33.4 Å². The van der Waals surface area contributed by atoms with Gasteiger partial charge in [-0.2, -0.15) is 0 Å². The maximum atomic E-state index is 14.4. The number of unbranched alkanes of at least 4 members (excludes halogenated alkanes) is 1. The summed E-state index contributed by atoms with van der Waals surface area (Å²) in [4.78, 5) is 2.10. The van der Waals surface area contributed by atoms with Crippen LogP contribution in [0.1, 0.15) is 30.9 Å². The SMILES string of the molecule is CCCCN1Cc2c(-c3cc(F)c(F)c(F)c3)ccc(OC)c2-c2c(OC)ccc(-c3cc(F)c(F)c(F)c3)c2C1. The van der Waals surface area contributed by atoms with Crippen LogP contribution >= 0.6 is 0 Å². The largest absolute Gasteiger partial charge is 0.496 e. The summed E-state index contributed by atoms with van der Waals surface area (Å²) in [5.41, 5.74) is 3.61. The summed E-state index contributed by atoms with van der Waals surface area (Å²) >= 11 is 0. The fraction of sp³-hybridized carbons (Fsp3) is 0.250. The van der Waals surface area contributed by atoms with Gasteiger partial charge in [-0.25, -0.2) is 26.3 Å². The molecule has 0 N–H and O–H groups in total. The molecule has 0 unspecified atom stereocenters. The molecular formula is C32H27F6NO2. The molecule has 0 radical (unpaired) electrons. The summed E-state index contributed by atoms with van der Waals surface area (Å²) in [6.07, 6.45) is 1.71. The van der Waals surface area contributed by atoms with Crippen molar-refractivity contribution in [1.82, 2.24) is 4.90 Å². The second kappa shape index (κ2) is 11.5. The lowest BCUT2D eigenvalue weighted by molar-refractivity contribution is 0.255. The smallest absolute Gasteiger partial charge is 0.194 e. The molecule has 0 aromatic heterocycles. The fourth-order valence-corrected chi connectivity index (χ4v) is 5.48. The molecule has 0 amide bonds. The molecule has 9 heteroatoms. The Bertz CT molecular complexity index is 1470. The maximum Gasteiger partial charge on any atom is 0.194 e. The summed E-state index contributed by atoms with van der Waals surface area (Å²) in [6, 6.07) is 10.4. The second-order valence-corrected chi connectivity index (χ2v) is 9.91. The molecule has 3 nitrogen and oxygen atoms in total. The lowest BCUT2D eigenvalue weighted by Gasteiger charge is -2.23. The van der Waals surface area contributed by atoms with Gasteiger partial charge in [0, 0.05) is 24.2 Å². The third kappa shape index (κ3) is 5.14. The molecule has 0 atom stereocenters. The Kier molecular flexibility index (Phi) is 8.00. The fourth-order valence-electron chi connectivity index (χ4n) is 5.48. The molecule has 1 aliphatic rings. The average Bonchev–Trinajstić information content (AvgIpc) is 3.13. The van der Waals surface area contributed by atoms with E-state index < -0.39 is 34.9 Å². The number of methoxy groups -OCH3 is 2. The van der Waals surface area contributed by atoms with E-state index in [1.54, 1.807) is 24.3 Å². The molecular weight excluding hydrogens is 544 g/mol. The van der Waals surface area contributed by atoms with E-state index in [1.807, 2.05) is 6.92 Å². The minimum atomic E-state index is -1.56. The van der Waals surface area contributed by atoms with Gasteiger partial charge in [0.2, 0.25) is 0 Å². The number of nitrogens with zero attached hydrogens (tertiary/aromatic N) is 1. The van der Waals surface area contributed by atoms with E-state index in [2.05, 4.69) is 4.90 Å². The third-order valence-corrected chi connectivity index (χ3v) is 7.42. The molecule has 41 heavy (non-hydrogen) atoms. The van der Waals surface area contributed by atoms with Crippen molar-refractivity contribution in [2.75, 3.05) is 20.8 Å². The number of fused-ring (bicyclic) bond motifs is 3. The molecule has 1 aliphatic heterocycles. The highest BCUT2D eigenvalue weighted by atomic mass is 19.2. The summed E-state index contributed by atoms with van der Waals surface area (Å²) in [6.45, 7) is 3.29. The normalized spacial score (nSPS) is 13.0. The van der Waals surface area contributed by atoms with Crippen LogP contribution in [0.5, 0.6) is 11.5 Å². The van der Waals surface area contributed by atoms with Crippen molar-refractivity contribution < 1.29 is 35.8 Å². The van der Waals surface area contributed by atoms with E-state index in [0.717, 1.165) is 37.1 Å². The van der Waals surface area contributed by atoms with Gasteiger partial charge >= 0.3 is 0 Å². The number of benzene rings is 4. The Hall–Kier alpha value is -3.98. The maximum absolute atomic E-state index is 14.4. The zero-order chi connectivity index (χ0) is 29.4. The summed E-state index contributed by atoms with van der Waals surface area (Å²) in [5.74, 6) is -7.54. The minimum Gasteiger partial charge on any atom is -0.496 e. The molecule has 0 saturated heterocycles. The van der Waals surface area contributed by atoms with E-state index in [1.165, 1.54) is 14.2 Å². The van der Waals surface area contributed by atoms with Gasteiger partial charge in [0.15, 0.2) is 34.9 Å². The molecule has 0 aliphatic carbocycles. The Labute approximate surface area is 233 Å². The van der Waals surface area contributed by atoms with E-state index >= 15 is 0 Å². The van der Waals surface area contributed by atoms with Gasteiger partial charge in [-0.3, -0.25) is 4.90 Å². The van der Waals surface area contributed by atoms with Gasteiger partial charge in [-0.15, -0.1) is 0 Å². The van der Waals surface area contributed by atoms with Crippen LogP contribution in [0, 0.1) is 34.9 Å². The van der Waals surface area contributed by atoms with E-state index in [9.17, 15) is 26.3 Å². The number of hydrogen-bond donors (Lipinski definition) is 0. The lowest BCUT2D eigenvalue weighted by Crippen LogP contribution is -2.23. The van der Waals surface area contributed by atoms with Gasteiger partial charge in [0.25, 0.3) is 0 Å². The van der Waals surface area contributed by atoms with Crippen LogP contribution in [0.15, 0.2) is 48.5 Å². The predicted molar refractivity (Wildman–Crippen MR) is 145 cm³/mol. The van der Waals surface area contributed by atoms with Crippen LogP contribution in [0.4, 0.5) is 26.3 Å². The highest BCUT2D eigenvalue weighted by molar-refractivity contribution is 5.91. The van der Waals surface area contributed by atoms with Crippen LogP contribution in [-0.2, 0) is 13.1 Å². The number of hydrogen-bond acceptors (Lipinski definition) is 3. The summed E-state index contributed by atoms with van der Waals surface area (Å²) < 4.78 is 96.7. The van der Waals surface area contributed by atoms with Gasteiger partial charge in [-0.1, -0.05) is 25.5 Å². The monoisotopic (exact) mass is 571 g/mol. The highest BCUT2D eigenvalue weighted by Crippen LogP contribution is 2.50. The van der Waals surface area contributed by atoms with E-state index in [0.29, 0.717) is 64.5 Å². The average molecular weight is 572 g/mol. The molecule has 0 spiro atoms. The topological polar surface area (TPSA) is 21.7 Å². The van der Waals surface area contributed by atoms with Crippen molar-refractivity contribution in [2.45, 2.75) is 32.9 Å². The Morgan fingerprint density at radius 2 is 1.02 bits per heavy atom. The van der Waals surface area contributed by atoms with Crippen molar-refractivity contribution in [3.05, 3.63) is 94.6 Å². The number of ether oxygens (including phenoxy) is 2. The van der Waals surface area contributed by atoms with Gasteiger partial charge in [-0.05, 0) is 82.7 Å². The zero-order valence-corrected chi connectivity index (χ0v) is 22.7. The first-order valence-corrected chi connectivity index (χ1v) is 13.1.